The van der Waals surface area contributed by atoms with Gasteiger partial charge in [0.1, 0.15) is 6.61 Å². The predicted molar refractivity (Wildman–Crippen MR) is 80.5 cm³/mol. The number of rotatable bonds is 3. The zero-order chi connectivity index (χ0) is 14.7. The van der Waals surface area contributed by atoms with Gasteiger partial charge in [-0.15, -0.1) is 0 Å². The van der Waals surface area contributed by atoms with Crippen LogP contribution in [0.5, 0.6) is 0 Å². The first kappa shape index (κ1) is 13.2. The van der Waals surface area contributed by atoms with E-state index in [2.05, 4.69) is 4.85 Å². The number of hydrogen-bond acceptors (Lipinski definition) is 2. The fourth-order valence-electron chi connectivity index (χ4n) is 2.50. The van der Waals surface area contributed by atoms with Gasteiger partial charge in [0.2, 0.25) is 0 Å². The van der Waals surface area contributed by atoms with Gasteiger partial charge in [0.25, 0.3) is 0 Å². The maximum atomic E-state index is 12.0. The number of carbonyl (C=O) groups is 1. The van der Waals surface area contributed by atoms with Gasteiger partial charge in [0.05, 0.1) is 12.6 Å². The second-order valence-electron chi connectivity index (χ2n) is 4.92. The molecule has 0 aliphatic carbocycles. The molecule has 0 bridgehead atoms. The minimum absolute atomic E-state index is 0.0151. The summed E-state index contributed by atoms with van der Waals surface area (Å²) in [5, 5.41) is 0. The van der Waals surface area contributed by atoms with Gasteiger partial charge in [-0.2, -0.15) is 0 Å². The fraction of sp³-hybridized carbons (Fsp3) is 0.176. The smallest absolute Gasteiger partial charge is 0.414 e. The summed E-state index contributed by atoms with van der Waals surface area (Å²) >= 11 is 0. The first-order valence-corrected chi connectivity index (χ1v) is 6.75. The van der Waals surface area contributed by atoms with Gasteiger partial charge in [0, 0.05) is 5.69 Å². The molecule has 0 N–H and O–H groups in total. The van der Waals surface area contributed by atoms with Gasteiger partial charge in [-0.1, -0.05) is 42.5 Å². The molecule has 104 valence electrons. The monoisotopic (exact) mass is 278 g/mol. The summed E-state index contributed by atoms with van der Waals surface area (Å²) in [6.45, 7) is 7.36. The SMILES string of the molecule is [C-]#[N+]c1ccc(N2C(=O)OC[C@@H]2Cc2ccccc2)cc1. The third-order valence-electron chi connectivity index (χ3n) is 3.53. The summed E-state index contributed by atoms with van der Waals surface area (Å²) in [5.41, 5.74) is 2.50. The van der Waals surface area contributed by atoms with Crippen LogP contribution in [0.3, 0.4) is 0 Å². The van der Waals surface area contributed by atoms with Crippen LogP contribution in [-0.2, 0) is 11.2 Å². The molecule has 4 heteroatoms. The minimum Gasteiger partial charge on any atom is -0.447 e. The van der Waals surface area contributed by atoms with E-state index in [4.69, 9.17) is 11.3 Å². The Morgan fingerprint density at radius 2 is 1.86 bits per heavy atom. The number of nitrogens with zero attached hydrogens (tertiary/aromatic N) is 2. The Hall–Kier alpha value is -2.80. The zero-order valence-electron chi connectivity index (χ0n) is 11.4. The molecular weight excluding hydrogens is 264 g/mol. The summed E-state index contributed by atoms with van der Waals surface area (Å²) in [6, 6.07) is 17.0. The lowest BCUT2D eigenvalue weighted by atomic mass is 10.1. The van der Waals surface area contributed by atoms with Crippen molar-refractivity contribution in [2.24, 2.45) is 0 Å². The van der Waals surface area contributed by atoms with E-state index < -0.39 is 0 Å². The second-order valence-corrected chi connectivity index (χ2v) is 4.92. The Labute approximate surface area is 123 Å². The van der Waals surface area contributed by atoms with Crippen molar-refractivity contribution in [3.63, 3.8) is 0 Å². The molecule has 0 spiro atoms. The zero-order valence-corrected chi connectivity index (χ0v) is 11.4. The largest absolute Gasteiger partial charge is 0.447 e. The molecule has 0 unspecified atom stereocenters. The Bertz CT molecular complexity index is 674. The molecule has 1 aliphatic rings. The van der Waals surface area contributed by atoms with Crippen molar-refractivity contribution in [3.05, 3.63) is 71.6 Å². The minimum atomic E-state index is -0.327. The van der Waals surface area contributed by atoms with E-state index in [0.717, 1.165) is 12.1 Å². The molecule has 0 saturated carbocycles. The molecule has 2 aromatic rings. The van der Waals surface area contributed by atoms with E-state index in [9.17, 15) is 4.79 Å². The van der Waals surface area contributed by atoms with Crippen molar-refractivity contribution in [2.75, 3.05) is 11.5 Å². The van der Waals surface area contributed by atoms with Crippen molar-refractivity contribution in [3.8, 4) is 0 Å². The molecule has 1 aliphatic heterocycles. The van der Waals surface area contributed by atoms with Crippen molar-refractivity contribution in [2.45, 2.75) is 12.5 Å². The van der Waals surface area contributed by atoms with Crippen LogP contribution in [0.1, 0.15) is 5.56 Å². The molecule has 1 fully saturated rings. The second kappa shape index (κ2) is 5.68. The number of cyclic esters (lactones) is 1. The Balaban J connectivity index is 1.83. The molecule has 2 aromatic carbocycles. The number of ether oxygens (including phenoxy) is 1. The number of carbonyl (C=O) groups excluding carboxylic acids is 1. The lowest BCUT2D eigenvalue weighted by molar-refractivity contribution is 0.178. The molecule has 3 rings (SSSR count). The highest BCUT2D eigenvalue weighted by Gasteiger charge is 2.34. The maximum absolute atomic E-state index is 12.0. The predicted octanol–water partition coefficient (Wildman–Crippen LogP) is 3.81. The summed E-state index contributed by atoms with van der Waals surface area (Å²) in [5.74, 6) is 0. The molecular formula is C17H14N2O2. The summed E-state index contributed by atoms with van der Waals surface area (Å²) in [7, 11) is 0. The summed E-state index contributed by atoms with van der Waals surface area (Å²) in [4.78, 5) is 17.0. The molecule has 1 amide bonds. The van der Waals surface area contributed by atoms with Gasteiger partial charge in [0.15, 0.2) is 5.69 Å². The van der Waals surface area contributed by atoms with Crippen LogP contribution in [-0.4, -0.2) is 18.7 Å². The summed E-state index contributed by atoms with van der Waals surface area (Å²) in [6.07, 6.45) is 0.420. The highest BCUT2D eigenvalue weighted by Crippen LogP contribution is 2.27. The molecule has 1 heterocycles. The Kier molecular flexibility index (Phi) is 3.57. The molecule has 4 nitrogen and oxygen atoms in total. The van der Waals surface area contributed by atoms with E-state index >= 15 is 0 Å². The normalized spacial score (nSPS) is 17.4. The van der Waals surface area contributed by atoms with Gasteiger partial charge in [-0.3, -0.25) is 4.90 Å². The van der Waals surface area contributed by atoms with Crippen molar-refractivity contribution >= 4 is 17.5 Å². The number of benzene rings is 2. The molecule has 0 aromatic heterocycles. The van der Waals surface area contributed by atoms with E-state index in [-0.39, 0.29) is 12.1 Å². The van der Waals surface area contributed by atoms with Gasteiger partial charge < -0.3 is 4.74 Å². The first-order valence-electron chi connectivity index (χ1n) is 6.75. The Morgan fingerprint density at radius 3 is 2.52 bits per heavy atom. The van der Waals surface area contributed by atoms with Gasteiger partial charge >= 0.3 is 6.09 Å². The average Bonchev–Trinajstić information content (AvgIpc) is 2.89. The summed E-state index contributed by atoms with van der Waals surface area (Å²) < 4.78 is 5.19. The lowest BCUT2D eigenvalue weighted by Crippen LogP contribution is -2.34. The van der Waals surface area contributed by atoms with Crippen LogP contribution in [0.2, 0.25) is 0 Å². The highest BCUT2D eigenvalue weighted by atomic mass is 16.6. The molecule has 21 heavy (non-hydrogen) atoms. The average molecular weight is 278 g/mol. The van der Waals surface area contributed by atoms with Crippen LogP contribution < -0.4 is 4.90 Å². The van der Waals surface area contributed by atoms with Crippen LogP contribution in [0.15, 0.2) is 54.6 Å². The number of hydrogen-bond donors (Lipinski definition) is 0. The quantitative estimate of drug-likeness (QED) is 0.800. The van der Waals surface area contributed by atoms with Crippen LogP contribution in [0.4, 0.5) is 16.2 Å². The fourth-order valence-corrected chi connectivity index (χ4v) is 2.50. The topological polar surface area (TPSA) is 33.9 Å². The van der Waals surface area contributed by atoms with Crippen molar-refractivity contribution in [1.82, 2.24) is 0 Å². The van der Waals surface area contributed by atoms with Crippen LogP contribution in [0, 0.1) is 6.57 Å². The number of amides is 1. The Morgan fingerprint density at radius 1 is 1.14 bits per heavy atom. The maximum Gasteiger partial charge on any atom is 0.414 e. The van der Waals surface area contributed by atoms with E-state index in [0.29, 0.717) is 12.3 Å². The molecule has 1 saturated heterocycles. The highest BCUT2D eigenvalue weighted by molar-refractivity contribution is 5.90. The third-order valence-corrected chi connectivity index (χ3v) is 3.53. The molecule has 0 radical (unpaired) electrons. The van der Waals surface area contributed by atoms with Crippen LogP contribution in [0.25, 0.3) is 4.85 Å². The standard InChI is InChI=1S/C17H14N2O2/c1-18-14-7-9-15(10-8-14)19-16(12-21-17(19)20)11-13-5-3-2-4-6-13/h2-10,16H,11-12H2/t16-/m0/s1. The van der Waals surface area contributed by atoms with E-state index in [1.54, 1.807) is 29.2 Å². The third kappa shape index (κ3) is 2.72. The lowest BCUT2D eigenvalue weighted by Gasteiger charge is -2.21. The first-order chi connectivity index (χ1) is 10.3. The van der Waals surface area contributed by atoms with Gasteiger partial charge in [-0.25, -0.2) is 9.64 Å². The number of anilines is 1. The van der Waals surface area contributed by atoms with E-state index in [1.807, 2.05) is 30.3 Å². The van der Waals surface area contributed by atoms with E-state index in [1.165, 1.54) is 5.56 Å². The van der Waals surface area contributed by atoms with Crippen molar-refractivity contribution in [1.29, 1.82) is 0 Å². The van der Waals surface area contributed by atoms with Gasteiger partial charge in [-0.05, 0) is 24.1 Å². The van der Waals surface area contributed by atoms with Crippen LogP contribution >= 0.6 is 0 Å². The molecule has 1 atom stereocenters. The van der Waals surface area contributed by atoms with Crippen molar-refractivity contribution < 1.29 is 9.53 Å².